The van der Waals surface area contributed by atoms with Gasteiger partial charge >= 0.3 is 11.9 Å². The molecule has 0 amide bonds. The van der Waals surface area contributed by atoms with Gasteiger partial charge in [0.15, 0.2) is 0 Å². The molecule has 0 saturated heterocycles. The second-order valence-electron chi connectivity index (χ2n) is 5.90. The molecular weight excluding hydrogens is 316 g/mol. The summed E-state index contributed by atoms with van der Waals surface area (Å²) in [7, 11) is 0. The molecule has 23 heavy (non-hydrogen) atoms. The number of unbranched alkanes of at least 4 members (excludes halogenated alkanes) is 5. The molecule has 0 aliphatic heterocycles. The number of carbonyl (C=O) groups excluding carboxylic acids is 2. The predicted molar refractivity (Wildman–Crippen MR) is 93.6 cm³/mol. The van der Waals surface area contributed by atoms with Crippen LogP contribution in [0.2, 0.25) is 0 Å². The third kappa shape index (κ3) is 14.5. The maximum Gasteiger partial charge on any atom is 0.306 e. The number of halogens is 1. The number of hydrogen-bond acceptors (Lipinski definition) is 4. The average molecular weight is 349 g/mol. The molecule has 0 atom stereocenters. The average Bonchev–Trinajstić information content (AvgIpc) is 2.56. The first-order chi connectivity index (χ1) is 11.1. The van der Waals surface area contributed by atoms with Crippen LogP contribution in [0.25, 0.3) is 0 Å². The van der Waals surface area contributed by atoms with Gasteiger partial charge in [-0.05, 0) is 18.8 Å². The molecule has 0 aromatic heterocycles. The summed E-state index contributed by atoms with van der Waals surface area (Å²) in [4.78, 5) is 23.1. The Balaban J connectivity index is 3.47. The second-order valence-corrected chi connectivity index (χ2v) is 6.27. The first-order valence-electron chi connectivity index (χ1n) is 9.01. The Morgan fingerprint density at radius 1 is 0.826 bits per heavy atom. The van der Waals surface area contributed by atoms with Gasteiger partial charge in [0, 0.05) is 5.88 Å². The monoisotopic (exact) mass is 348 g/mol. The van der Waals surface area contributed by atoms with E-state index in [1.165, 1.54) is 12.8 Å². The van der Waals surface area contributed by atoms with Crippen molar-refractivity contribution in [2.45, 2.75) is 78.1 Å². The highest BCUT2D eigenvalue weighted by Crippen LogP contribution is 2.09. The summed E-state index contributed by atoms with van der Waals surface area (Å²) in [6, 6.07) is 0. The van der Waals surface area contributed by atoms with E-state index in [9.17, 15) is 9.59 Å². The third-order valence-corrected chi connectivity index (χ3v) is 4.23. The van der Waals surface area contributed by atoms with Gasteiger partial charge in [0.25, 0.3) is 0 Å². The summed E-state index contributed by atoms with van der Waals surface area (Å²) in [6.07, 6.45) is 8.73. The molecule has 0 heterocycles. The summed E-state index contributed by atoms with van der Waals surface area (Å²) < 4.78 is 10.3. The van der Waals surface area contributed by atoms with Crippen molar-refractivity contribution in [3.05, 3.63) is 0 Å². The van der Waals surface area contributed by atoms with Gasteiger partial charge in [-0.1, -0.05) is 52.4 Å². The van der Waals surface area contributed by atoms with Gasteiger partial charge in [-0.3, -0.25) is 9.59 Å². The maximum atomic E-state index is 11.5. The van der Waals surface area contributed by atoms with Crippen molar-refractivity contribution in [1.29, 1.82) is 0 Å². The number of esters is 2. The summed E-state index contributed by atoms with van der Waals surface area (Å²) in [5.74, 6) is 0.521. The number of rotatable bonds is 15. The normalized spacial score (nSPS) is 10.8. The summed E-state index contributed by atoms with van der Waals surface area (Å²) in [6.45, 7) is 5.05. The van der Waals surface area contributed by atoms with E-state index >= 15 is 0 Å². The molecule has 4 nitrogen and oxygen atoms in total. The fourth-order valence-corrected chi connectivity index (χ4v) is 2.36. The molecule has 136 valence electrons. The molecule has 0 saturated carbocycles. The van der Waals surface area contributed by atoms with Gasteiger partial charge in [-0.25, -0.2) is 0 Å². The van der Waals surface area contributed by atoms with E-state index in [1.807, 2.05) is 0 Å². The largest absolute Gasteiger partial charge is 0.466 e. The van der Waals surface area contributed by atoms with E-state index in [0.29, 0.717) is 19.1 Å². The molecule has 0 N–H and O–H groups in total. The van der Waals surface area contributed by atoms with Crippen LogP contribution in [0.1, 0.15) is 78.1 Å². The molecule has 0 fully saturated rings. The fourth-order valence-electron chi connectivity index (χ4n) is 2.17. The highest BCUT2D eigenvalue weighted by Gasteiger charge is 2.11. The van der Waals surface area contributed by atoms with Crippen LogP contribution in [0.15, 0.2) is 0 Å². The lowest BCUT2D eigenvalue weighted by molar-refractivity contribution is -0.151. The zero-order valence-electron chi connectivity index (χ0n) is 14.8. The molecule has 5 heteroatoms. The van der Waals surface area contributed by atoms with Crippen molar-refractivity contribution in [2.24, 2.45) is 5.92 Å². The van der Waals surface area contributed by atoms with Gasteiger partial charge in [-0.15, -0.1) is 11.6 Å². The molecule has 0 aliphatic rings. The first kappa shape index (κ1) is 22.2. The Morgan fingerprint density at radius 2 is 1.35 bits per heavy atom. The summed E-state index contributed by atoms with van der Waals surface area (Å²) in [5, 5.41) is 0. The summed E-state index contributed by atoms with van der Waals surface area (Å²) >= 11 is 5.61. The van der Waals surface area contributed by atoms with Crippen LogP contribution in [0.4, 0.5) is 0 Å². The lowest BCUT2D eigenvalue weighted by Gasteiger charge is -2.12. The first-order valence-corrected chi connectivity index (χ1v) is 9.54. The van der Waals surface area contributed by atoms with Crippen molar-refractivity contribution >= 4 is 23.5 Å². The Morgan fingerprint density at radius 3 is 1.91 bits per heavy atom. The topological polar surface area (TPSA) is 52.6 Å². The molecule has 0 aliphatic carbocycles. The minimum Gasteiger partial charge on any atom is -0.466 e. The number of carbonyl (C=O) groups is 2. The smallest absolute Gasteiger partial charge is 0.306 e. The van der Waals surface area contributed by atoms with Gasteiger partial charge < -0.3 is 9.47 Å². The number of ether oxygens (including phenoxy) is 2. The molecular formula is C18H33ClO4. The molecule has 0 radical (unpaired) electrons. The SMILES string of the molecule is CCC(CC)COC(=O)CCC(=O)OCCCCCCCCCl. The van der Waals surface area contributed by atoms with Crippen LogP contribution in [0.3, 0.4) is 0 Å². The van der Waals surface area contributed by atoms with E-state index in [1.54, 1.807) is 0 Å². The lowest BCUT2D eigenvalue weighted by Crippen LogP contribution is -2.15. The quantitative estimate of drug-likeness (QED) is 0.241. The van der Waals surface area contributed by atoms with Crippen molar-refractivity contribution in [3.63, 3.8) is 0 Å². The van der Waals surface area contributed by atoms with Crippen molar-refractivity contribution in [2.75, 3.05) is 19.1 Å². The Kier molecular flexibility index (Phi) is 15.6. The van der Waals surface area contributed by atoms with Gasteiger partial charge in [0.1, 0.15) is 0 Å². The number of hydrogen-bond donors (Lipinski definition) is 0. The molecule has 0 aromatic carbocycles. The molecule has 0 bridgehead atoms. The minimum absolute atomic E-state index is 0.109. The van der Waals surface area contributed by atoms with Gasteiger partial charge in [0.05, 0.1) is 26.1 Å². The van der Waals surface area contributed by atoms with Gasteiger partial charge in [-0.2, -0.15) is 0 Å². The molecule has 0 aromatic rings. The maximum absolute atomic E-state index is 11.5. The third-order valence-electron chi connectivity index (χ3n) is 3.96. The minimum atomic E-state index is -0.313. The van der Waals surface area contributed by atoms with Crippen molar-refractivity contribution in [1.82, 2.24) is 0 Å². The van der Waals surface area contributed by atoms with Crippen LogP contribution in [0.5, 0.6) is 0 Å². The lowest BCUT2D eigenvalue weighted by atomic mass is 10.1. The van der Waals surface area contributed by atoms with Crippen LogP contribution >= 0.6 is 11.6 Å². The van der Waals surface area contributed by atoms with E-state index in [-0.39, 0.29) is 24.8 Å². The highest BCUT2D eigenvalue weighted by molar-refractivity contribution is 6.17. The summed E-state index contributed by atoms with van der Waals surface area (Å²) in [5.41, 5.74) is 0. The standard InChI is InChI=1S/C18H33ClO4/c1-3-16(4-2)15-23-18(21)12-11-17(20)22-14-10-8-6-5-7-9-13-19/h16H,3-15H2,1-2H3. The van der Waals surface area contributed by atoms with Crippen LogP contribution in [0, 0.1) is 5.92 Å². The van der Waals surface area contributed by atoms with E-state index in [4.69, 9.17) is 21.1 Å². The van der Waals surface area contributed by atoms with Crippen LogP contribution in [-0.4, -0.2) is 31.0 Å². The van der Waals surface area contributed by atoms with Crippen LogP contribution in [-0.2, 0) is 19.1 Å². The molecule has 0 spiro atoms. The molecule has 0 unspecified atom stereocenters. The predicted octanol–water partition coefficient (Wildman–Crippen LogP) is 4.87. The van der Waals surface area contributed by atoms with E-state index < -0.39 is 0 Å². The van der Waals surface area contributed by atoms with Crippen molar-refractivity contribution in [3.8, 4) is 0 Å². The Bertz CT molecular complexity index is 303. The zero-order valence-corrected chi connectivity index (χ0v) is 15.5. The highest BCUT2D eigenvalue weighted by atomic mass is 35.5. The van der Waals surface area contributed by atoms with Crippen molar-refractivity contribution < 1.29 is 19.1 Å². The fraction of sp³-hybridized carbons (Fsp3) is 0.889. The second kappa shape index (κ2) is 16.1. The Hall–Kier alpha value is -0.770. The van der Waals surface area contributed by atoms with Gasteiger partial charge in [0.2, 0.25) is 0 Å². The van der Waals surface area contributed by atoms with E-state index in [0.717, 1.165) is 44.4 Å². The van der Waals surface area contributed by atoms with E-state index in [2.05, 4.69) is 13.8 Å². The Labute approximate surface area is 146 Å². The van der Waals surface area contributed by atoms with Crippen LogP contribution < -0.4 is 0 Å². The zero-order chi connectivity index (χ0) is 17.3. The number of alkyl halides is 1. The molecule has 0 rings (SSSR count).